The fourth-order valence-corrected chi connectivity index (χ4v) is 4.65. The van der Waals surface area contributed by atoms with Crippen molar-refractivity contribution in [2.75, 3.05) is 25.4 Å². The lowest BCUT2D eigenvalue weighted by Crippen LogP contribution is -2.42. The van der Waals surface area contributed by atoms with Crippen LogP contribution in [0.1, 0.15) is 38.8 Å². The van der Waals surface area contributed by atoms with Gasteiger partial charge in [-0.15, -0.1) is 0 Å². The van der Waals surface area contributed by atoms with Crippen molar-refractivity contribution in [1.82, 2.24) is 10.2 Å². The maximum absolute atomic E-state index is 12.1. The van der Waals surface area contributed by atoms with E-state index in [4.69, 9.17) is 0 Å². The Labute approximate surface area is 128 Å². The monoisotopic (exact) mass is 310 g/mol. The Balaban J connectivity index is 2.12. The van der Waals surface area contributed by atoms with E-state index in [2.05, 4.69) is 31.0 Å². The highest BCUT2D eigenvalue weighted by molar-refractivity contribution is 7.91. The highest BCUT2D eigenvalue weighted by Gasteiger charge is 2.30. The van der Waals surface area contributed by atoms with Crippen LogP contribution in [0.25, 0.3) is 0 Å². The first-order valence-electron chi connectivity index (χ1n) is 7.78. The predicted octanol–water partition coefficient (Wildman–Crippen LogP) is 2.22. The zero-order valence-corrected chi connectivity index (χ0v) is 14.0. The molecule has 1 heterocycles. The molecule has 118 valence electrons. The second-order valence-corrected chi connectivity index (χ2v) is 7.83. The van der Waals surface area contributed by atoms with Crippen LogP contribution in [0.3, 0.4) is 0 Å². The number of rotatable bonds is 6. The zero-order valence-electron chi connectivity index (χ0n) is 13.2. The molecule has 1 aromatic rings. The largest absolute Gasteiger partial charge is 0.306 e. The van der Waals surface area contributed by atoms with Gasteiger partial charge in [0.05, 0.1) is 10.6 Å². The average molecular weight is 310 g/mol. The quantitative estimate of drug-likeness (QED) is 0.875. The van der Waals surface area contributed by atoms with Crippen molar-refractivity contribution in [3.8, 4) is 0 Å². The minimum atomic E-state index is -3.09. The van der Waals surface area contributed by atoms with Gasteiger partial charge in [0.25, 0.3) is 0 Å². The van der Waals surface area contributed by atoms with Crippen LogP contribution in [-0.4, -0.2) is 44.7 Å². The Bertz CT molecular complexity index is 567. The molecule has 1 aliphatic heterocycles. The molecule has 1 N–H and O–H groups in total. The molecule has 2 unspecified atom stereocenters. The molecule has 0 saturated heterocycles. The summed E-state index contributed by atoms with van der Waals surface area (Å²) in [5, 5.41) is 3.61. The molecule has 2 rings (SSSR count). The number of benzene rings is 1. The van der Waals surface area contributed by atoms with E-state index < -0.39 is 9.84 Å². The van der Waals surface area contributed by atoms with Crippen molar-refractivity contribution in [3.63, 3.8) is 0 Å². The van der Waals surface area contributed by atoms with Crippen molar-refractivity contribution in [2.45, 2.75) is 44.2 Å². The van der Waals surface area contributed by atoms with Crippen LogP contribution in [0, 0.1) is 0 Å². The van der Waals surface area contributed by atoms with Crippen molar-refractivity contribution in [3.05, 3.63) is 29.8 Å². The van der Waals surface area contributed by atoms with Crippen LogP contribution in [0.4, 0.5) is 0 Å². The summed E-state index contributed by atoms with van der Waals surface area (Å²) in [6, 6.07) is 7.86. The molecule has 0 radical (unpaired) electrons. The van der Waals surface area contributed by atoms with Crippen LogP contribution in [0.5, 0.6) is 0 Å². The zero-order chi connectivity index (χ0) is 15.5. The number of sulfone groups is 1. The fraction of sp³-hybridized carbons (Fsp3) is 0.625. The molecular weight excluding hydrogens is 284 g/mol. The fourth-order valence-electron chi connectivity index (χ4n) is 3.03. The van der Waals surface area contributed by atoms with Gasteiger partial charge >= 0.3 is 0 Å². The number of likely N-dealkylation sites (N-methyl/N-ethyl adjacent to an activating group) is 1. The molecule has 0 bridgehead atoms. The van der Waals surface area contributed by atoms with E-state index in [-0.39, 0.29) is 11.8 Å². The van der Waals surface area contributed by atoms with Crippen molar-refractivity contribution >= 4 is 9.84 Å². The Morgan fingerprint density at radius 1 is 1.29 bits per heavy atom. The molecule has 0 fully saturated rings. The minimum absolute atomic E-state index is 0.135. The van der Waals surface area contributed by atoms with Gasteiger partial charge in [-0.2, -0.15) is 0 Å². The molecule has 21 heavy (non-hydrogen) atoms. The topological polar surface area (TPSA) is 49.4 Å². The lowest BCUT2D eigenvalue weighted by Gasteiger charge is -2.31. The van der Waals surface area contributed by atoms with Crippen molar-refractivity contribution < 1.29 is 8.42 Å². The molecular formula is C16H26N2O2S. The summed E-state index contributed by atoms with van der Waals surface area (Å²) in [5.74, 6) is 0.236. The second-order valence-electron chi connectivity index (χ2n) is 5.75. The summed E-state index contributed by atoms with van der Waals surface area (Å²) in [4.78, 5) is 2.88. The van der Waals surface area contributed by atoms with E-state index in [1.807, 2.05) is 12.1 Å². The Kier molecular flexibility index (Phi) is 5.41. The van der Waals surface area contributed by atoms with E-state index in [0.717, 1.165) is 25.2 Å². The van der Waals surface area contributed by atoms with Crippen molar-refractivity contribution in [2.24, 2.45) is 0 Å². The third kappa shape index (κ3) is 3.84. The van der Waals surface area contributed by atoms with Gasteiger partial charge in [0.15, 0.2) is 9.84 Å². The van der Waals surface area contributed by atoms with Gasteiger partial charge in [-0.05, 0) is 38.1 Å². The number of fused-ring (bicyclic) bond motifs is 1. The number of hydrogen-bond acceptors (Lipinski definition) is 4. The molecule has 0 saturated carbocycles. The van der Waals surface area contributed by atoms with E-state index >= 15 is 0 Å². The first-order chi connectivity index (χ1) is 9.97. The number of hydrogen-bond donors (Lipinski definition) is 1. The molecule has 4 nitrogen and oxygen atoms in total. The molecule has 0 amide bonds. The summed E-state index contributed by atoms with van der Waals surface area (Å²) in [6.07, 6.45) is 0.655. The van der Waals surface area contributed by atoms with Crippen LogP contribution in [0.2, 0.25) is 0 Å². The summed E-state index contributed by atoms with van der Waals surface area (Å²) < 4.78 is 24.3. The highest BCUT2D eigenvalue weighted by Crippen LogP contribution is 2.32. The summed E-state index contributed by atoms with van der Waals surface area (Å²) >= 11 is 0. The first-order valence-corrected chi connectivity index (χ1v) is 9.43. The molecule has 2 atom stereocenters. The normalized spacial score (nSPS) is 22.0. The Hall–Kier alpha value is -0.910. The van der Waals surface area contributed by atoms with Crippen LogP contribution in [-0.2, 0) is 9.84 Å². The lowest BCUT2D eigenvalue weighted by molar-refractivity contribution is 0.259. The third-order valence-electron chi connectivity index (χ3n) is 4.22. The van der Waals surface area contributed by atoms with Crippen LogP contribution < -0.4 is 5.32 Å². The van der Waals surface area contributed by atoms with Crippen molar-refractivity contribution in [1.29, 1.82) is 0 Å². The summed E-state index contributed by atoms with van der Waals surface area (Å²) in [5.41, 5.74) is 0.926. The van der Waals surface area contributed by atoms with Gasteiger partial charge in [0.1, 0.15) is 0 Å². The third-order valence-corrected chi connectivity index (χ3v) is 6.03. The van der Waals surface area contributed by atoms with E-state index in [9.17, 15) is 8.42 Å². The van der Waals surface area contributed by atoms with E-state index in [1.54, 1.807) is 12.1 Å². The molecule has 5 heteroatoms. The molecule has 1 aliphatic rings. The summed E-state index contributed by atoms with van der Waals surface area (Å²) in [6.45, 7) is 9.57. The SMILES string of the molecule is CCN(CC)CC(C)NC1CCS(=O)(=O)c2ccccc21. The average Bonchev–Trinajstić information content (AvgIpc) is 2.48. The number of nitrogens with zero attached hydrogens (tertiary/aromatic N) is 1. The van der Waals surface area contributed by atoms with Gasteiger partial charge < -0.3 is 10.2 Å². The molecule has 1 aromatic carbocycles. The number of nitrogens with one attached hydrogen (secondary N) is 1. The van der Waals surface area contributed by atoms with Gasteiger partial charge in [0, 0.05) is 18.6 Å². The maximum atomic E-state index is 12.1. The summed E-state index contributed by atoms with van der Waals surface area (Å²) in [7, 11) is -3.09. The molecule has 0 aliphatic carbocycles. The van der Waals surface area contributed by atoms with Gasteiger partial charge in [-0.3, -0.25) is 0 Å². The predicted molar refractivity (Wildman–Crippen MR) is 86.2 cm³/mol. The lowest BCUT2D eigenvalue weighted by atomic mass is 10.0. The van der Waals surface area contributed by atoms with Gasteiger partial charge in [-0.25, -0.2) is 8.42 Å². The smallest absolute Gasteiger partial charge is 0.178 e. The standard InChI is InChI=1S/C16H26N2O2S/c1-4-18(5-2)12-13(3)17-15-10-11-21(19,20)16-9-7-6-8-14(15)16/h6-9,13,15,17H,4-5,10-12H2,1-3H3. The van der Waals surface area contributed by atoms with E-state index in [1.165, 1.54) is 0 Å². The first kappa shape index (κ1) is 16.5. The van der Waals surface area contributed by atoms with E-state index in [0.29, 0.717) is 17.4 Å². The van der Waals surface area contributed by atoms with Gasteiger partial charge in [0.2, 0.25) is 0 Å². The second kappa shape index (κ2) is 6.90. The minimum Gasteiger partial charge on any atom is -0.306 e. The van der Waals surface area contributed by atoms with Crippen LogP contribution >= 0.6 is 0 Å². The Morgan fingerprint density at radius 3 is 2.62 bits per heavy atom. The molecule has 0 aromatic heterocycles. The highest BCUT2D eigenvalue weighted by atomic mass is 32.2. The van der Waals surface area contributed by atoms with Crippen LogP contribution in [0.15, 0.2) is 29.2 Å². The van der Waals surface area contributed by atoms with Gasteiger partial charge in [-0.1, -0.05) is 32.0 Å². The Morgan fingerprint density at radius 2 is 1.95 bits per heavy atom. The maximum Gasteiger partial charge on any atom is 0.178 e. The molecule has 0 spiro atoms.